The van der Waals surface area contributed by atoms with Gasteiger partial charge in [0.1, 0.15) is 5.15 Å². The summed E-state index contributed by atoms with van der Waals surface area (Å²) in [5.74, 6) is 0.688. The molecule has 16 heavy (non-hydrogen) atoms. The van der Waals surface area contributed by atoms with Crippen LogP contribution in [0.25, 0.3) is 0 Å². The molecule has 1 aromatic heterocycles. The molecule has 0 radical (unpaired) electrons. The van der Waals surface area contributed by atoms with Crippen molar-refractivity contribution in [3.63, 3.8) is 0 Å². The van der Waals surface area contributed by atoms with Gasteiger partial charge in [-0.15, -0.1) is 0 Å². The first-order valence-electron chi connectivity index (χ1n) is 5.97. The van der Waals surface area contributed by atoms with Gasteiger partial charge in [0.05, 0.1) is 0 Å². The van der Waals surface area contributed by atoms with Gasteiger partial charge in [-0.25, -0.2) is 4.98 Å². The van der Waals surface area contributed by atoms with Gasteiger partial charge >= 0.3 is 0 Å². The highest BCUT2D eigenvalue weighted by atomic mass is 35.5. The summed E-state index contributed by atoms with van der Waals surface area (Å²) in [5.41, 5.74) is 1.23. The number of hydrogen-bond acceptors (Lipinski definition) is 2. The first kappa shape index (κ1) is 13.5. The Labute approximate surface area is 103 Å². The van der Waals surface area contributed by atoms with Crippen LogP contribution in [0.2, 0.25) is 5.15 Å². The third-order valence-corrected chi connectivity index (χ3v) is 3.08. The molecular weight excluding hydrogens is 220 g/mol. The van der Waals surface area contributed by atoms with E-state index in [1.54, 1.807) is 0 Å². The molecule has 1 atom stereocenters. The van der Waals surface area contributed by atoms with Crippen molar-refractivity contribution >= 4 is 11.6 Å². The molecule has 0 saturated heterocycles. The predicted molar refractivity (Wildman–Crippen MR) is 69.9 cm³/mol. The van der Waals surface area contributed by atoms with Crippen molar-refractivity contribution in [1.29, 1.82) is 0 Å². The highest BCUT2D eigenvalue weighted by molar-refractivity contribution is 6.29. The Bertz CT molecular complexity index is 295. The molecule has 90 valence electrons. The number of halogens is 1. The zero-order valence-electron chi connectivity index (χ0n) is 10.3. The molecule has 0 aromatic carbocycles. The summed E-state index contributed by atoms with van der Waals surface area (Å²) in [6.45, 7) is 7.73. The van der Waals surface area contributed by atoms with Crippen molar-refractivity contribution in [3.8, 4) is 0 Å². The quantitative estimate of drug-likeness (QED) is 0.772. The molecule has 1 unspecified atom stereocenters. The molecule has 2 nitrogen and oxygen atoms in total. The van der Waals surface area contributed by atoms with E-state index in [9.17, 15) is 0 Å². The maximum Gasteiger partial charge on any atom is 0.129 e. The fourth-order valence-electron chi connectivity index (χ4n) is 1.81. The van der Waals surface area contributed by atoms with E-state index in [2.05, 4.69) is 31.1 Å². The number of nitrogens with zero attached hydrogens (tertiary/aromatic N) is 1. The first-order chi connectivity index (χ1) is 7.63. The normalized spacial score (nSPS) is 13.1. The lowest BCUT2D eigenvalue weighted by atomic mass is 10.0. The van der Waals surface area contributed by atoms with Crippen molar-refractivity contribution in [1.82, 2.24) is 10.3 Å². The molecule has 0 fully saturated rings. The zero-order valence-corrected chi connectivity index (χ0v) is 11.1. The maximum absolute atomic E-state index is 5.73. The average molecular weight is 241 g/mol. The number of nitrogens with one attached hydrogen (secondary N) is 1. The SMILES string of the molecule is CCC(NCCc1ccc(Cl)nc1)C(C)C. The molecule has 0 bridgehead atoms. The van der Waals surface area contributed by atoms with Crippen molar-refractivity contribution < 1.29 is 0 Å². The summed E-state index contributed by atoms with van der Waals surface area (Å²) in [6.07, 6.45) is 4.03. The van der Waals surface area contributed by atoms with Crippen molar-refractivity contribution in [2.45, 2.75) is 39.7 Å². The Hall–Kier alpha value is -0.600. The van der Waals surface area contributed by atoms with Crippen molar-refractivity contribution in [3.05, 3.63) is 29.0 Å². The average Bonchev–Trinajstić information content (AvgIpc) is 2.26. The van der Waals surface area contributed by atoms with Crippen LogP contribution in [-0.2, 0) is 6.42 Å². The zero-order chi connectivity index (χ0) is 12.0. The van der Waals surface area contributed by atoms with Crippen LogP contribution >= 0.6 is 11.6 Å². The van der Waals surface area contributed by atoms with Gasteiger partial charge in [-0.1, -0.05) is 38.4 Å². The van der Waals surface area contributed by atoms with E-state index in [0.717, 1.165) is 13.0 Å². The number of aromatic nitrogens is 1. The Kier molecular flexibility index (Phi) is 5.78. The van der Waals surface area contributed by atoms with Gasteiger partial charge in [0.15, 0.2) is 0 Å². The number of rotatable bonds is 6. The van der Waals surface area contributed by atoms with E-state index in [0.29, 0.717) is 17.1 Å². The maximum atomic E-state index is 5.73. The van der Waals surface area contributed by atoms with Gasteiger partial charge in [0, 0.05) is 12.2 Å². The molecule has 1 aromatic rings. The Morgan fingerprint density at radius 2 is 2.12 bits per heavy atom. The minimum atomic E-state index is 0.560. The molecule has 0 aliphatic carbocycles. The third kappa shape index (κ3) is 4.50. The van der Waals surface area contributed by atoms with Crippen LogP contribution in [0.5, 0.6) is 0 Å². The molecule has 0 saturated carbocycles. The van der Waals surface area contributed by atoms with Crippen LogP contribution < -0.4 is 5.32 Å². The number of pyridine rings is 1. The molecule has 3 heteroatoms. The van der Waals surface area contributed by atoms with E-state index in [-0.39, 0.29) is 0 Å². The smallest absolute Gasteiger partial charge is 0.129 e. The molecular formula is C13H21ClN2. The summed E-state index contributed by atoms with van der Waals surface area (Å²) in [7, 11) is 0. The monoisotopic (exact) mass is 240 g/mol. The van der Waals surface area contributed by atoms with Gasteiger partial charge < -0.3 is 5.32 Å². The highest BCUT2D eigenvalue weighted by Crippen LogP contribution is 2.07. The van der Waals surface area contributed by atoms with Crippen molar-refractivity contribution in [2.75, 3.05) is 6.54 Å². The molecule has 0 amide bonds. The summed E-state index contributed by atoms with van der Waals surface area (Å²) < 4.78 is 0. The van der Waals surface area contributed by atoms with E-state index in [1.165, 1.54) is 12.0 Å². The van der Waals surface area contributed by atoms with E-state index >= 15 is 0 Å². The molecule has 0 aliphatic rings. The minimum absolute atomic E-state index is 0.560. The minimum Gasteiger partial charge on any atom is -0.313 e. The summed E-state index contributed by atoms with van der Waals surface area (Å²) in [4.78, 5) is 4.07. The second kappa shape index (κ2) is 6.87. The van der Waals surface area contributed by atoms with Crippen LogP contribution in [0.3, 0.4) is 0 Å². The predicted octanol–water partition coefficient (Wildman–Crippen LogP) is 3.30. The summed E-state index contributed by atoms with van der Waals surface area (Å²) >= 11 is 5.73. The van der Waals surface area contributed by atoms with Gasteiger partial charge in [0.2, 0.25) is 0 Å². The second-order valence-electron chi connectivity index (χ2n) is 4.45. The standard InChI is InChI=1S/C13H21ClN2/c1-4-12(10(2)3)15-8-7-11-5-6-13(14)16-9-11/h5-6,9-10,12,15H,4,7-8H2,1-3H3. The van der Waals surface area contributed by atoms with Gasteiger partial charge in [-0.2, -0.15) is 0 Å². The molecule has 1 rings (SSSR count). The third-order valence-electron chi connectivity index (χ3n) is 2.85. The van der Waals surface area contributed by atoms with Gasteiger partial charge in [0.25, 0.3) is 0 Å². The second-order valence-corrected chi connectivity index (χ2v) is 4.84. The van der Waals surface area contributed by atoms with Crippen LogP contribution in [-0.4, -0.2) is 17.6 Å². The fraction of sp³-hybridized carbons (Fsp3) is 0.615. The Morgan fingerprint density at radius 3 is 2.62 bits per heavy atom. The van der Waals surface area contributed by atoms with Crippen molar-refractivity contribution in [2.24, 2.45) is 5.92 Å². The Morgan fingerprint density at radius 1 is 1.38 bits per heavy atom. The molecule has 0 aliphatic heterocycles. The van der Waals surface area contributed by atoms with E-state index in [4.69, 9.17) is 11.6 Å². The lowest BCUT2D eigenvalue weighted by Crippen LogP contribution is -2.34. The van der Waals surface area contributed by atoms with E-state index < -0.39 is 0 Å². The first-order valence-corrected chi connectivity index (χ1v) is 6.35. The Balaban J connectivity index is 2.32. The molecule has 1 N–H and O–H groups in total. The fourth-order valence-corrected chi connectivity index (χ4v) is 1.92. The topological polar surface area (TPSA) is 24.9 Å². The van der Waals surface area contributed by atoms with Crippen LogP contribution in [0.1, 0.15) is 32.8 Å². The lowest BCUT2D eigenvalue weighted by molar-refractivity contribution is 0.391. The van der Waals surface area contributed by atoms with Gasteiger partial charge in [-0.3, -0.25) is 0 Å². The van der Waals surface area contributed by atoms with Gasteiger partial charge in [-0.05, 0) is 36.9 Å². The molecule has 1 heterocycles. The van der Waals surface area contributed by atoms with Crippen LogP contribution in [0.15, 0.2) is 18.3 Å². The number of hydrogen-bond donors (Lipinski definition) is 1. The lowest BCUT2D eigenvalue weighted by Gasteiger charge is -2.20. The molecule has 0 spiro atoms. The summed E-state index contributed by atoms with van der Waals surface area (Å²) in [6, 6.07) is 4.49. The highest BCUT2D eigenvalue weighted by Gasteiger charge is 2.09. The van der Waals surface area contributed by atoms with E-state index in [1.807, 2.05) is 18.3 Å². The van der Waals surface area contributed by atoms with Crippen LogP contribution in [0.4, 0.5) is 0 Å². The largest absolute Gasteiger partial charge is 0.313 e. The van der Waals surface area contributed by atoms with Crippen LogP contribution in [0, 0.1) is 5.92 Å². The summed E-state index contributed by atoms with van der Waals surface area (Å²) in [5, 5.41) is 4.13.